The molecular weight excluding hydrogens is 234 g/mol. The minimum Gasteiger partial charge on any atom is -0.324 e. The summed E-state index contributed by atoms with van der Waals surface area (Å²) in [6.45, 7) is 2.02. The van der Waals surface area contributed by atoms with Crippen LogP contribution in [0.5, 0.6) is 0 Å². The zero-order valence-electron chi connectivity index (χ0n) is 9.22. The Balaban J connectivity index is 2.01. The smallest absolute Gasteiger partial charge is 0.0326 e. The van der Waals surface area contributed by atoms with Crippen LogP contribution >= 0.6 is 23.1 Å². The summed E-state index contributed by atoms with van der Waals surface area (Å²) in [5.74, 6) is 1.04. The van der Waals surface area contributed by atoms with E-state index in [1.165, 1.54) is 15.3 Å². The summed E-state index contributed by atoms with van der Waals surface area (Å²) < 4.78 is 0. The van der Waals surface area contributed by atoms with Gasteiger partial charge in [0, 0.05) is 21.6 Å². The highest BCUT2D eigenvalue weighted by atomic mass is 32.2. The summed E-state index contributed by atoms with van der Waals surface area (Å²) in [4.78, 5) is 2.71. The van der Waals surface area contributed by atoms with E-state index in [2.05, 4.69) is 41.8 Å². The number of hydrogen-bond donors (Lipinski definition) is 1. The lowest BCUT2D eigenvalue weighted by atomic mass is 10.1. The predicted molar refractivity (Wildman–Crippen MR) is 72.9 cm³/mol. The standard InChI is InChI=1S/C13H15NS2/c1-10(14)11-4-2-5-12(8-11)16-9-13-6-3-7-15-13/h2-8,10H,9,14H2,1H3. The zero-order chi connectivity index (χ0) is 11.4. The Hall–Kier alpha value is -0.770. The van der Waals surface area contributed by atoms with Gasteiger partial charge in [0.1, 0.15) is 0 Å². The number of benzene rings is 1. The van der Waals surface area contributed by atoms with E-state index in [1.54, 1.807) is 0 Å². The molecule has 0 bridgehead atoms. The van der Waals surface area contributed by atoms with E-state index in [1.807, 2.05) is 30.0 Å². The van der Waals surface area contributed by atoms with Crippen LogP contribution in [-0.4, -0.2) is 0 Å². The number of nitrogens with two attached hydrogens (primary N) is 1. The maximum Gasteiger partial charge on any atom is 0.0326 e. The third-order valence-electron chi connectivity index (χ3n) is 2.35. The third kappa shape index (κ3) is 3.11. The molecule has 0 saturated carbocycles. The van der Waals surface area contributed by atoms with Crippen molar-refractivity contribution in [1.82, 2.24) is 0 Å². The molecule has 0 aliphatic heterocycles. The first kappa shape index (κ1) is 11.7. The van der Waals surface area contributed by atoms with Crippen LogP contribution in [0, 0.1) is 0 Å². The van der Waals surface area contributed by atoms with Gasteiger partial charge >= 0.3 is 0 Å². The number of thioether (sulfide) groups is 1. The molecule has 16 heavy (non-hydrogen) atoms. The molecule has 0 spiro atoms. The second-order valence-corrected chi connectivity index (χ2v) is 5.81. The summed E-state index contributed by atoms with van der Waals surface area (Å²) >= 11 is 3.67. The molecule has 1 atom stereocenters. The molecule has 2 N–H and O–H groups in total. The second-order valence-electron chi connectivity index (χ2n) is 3.73. The van der Waals surface area contributed by atoms with E-state index in [4.69, 9.17) is 5.73 Å². The van der Waals surface area contributed by atoms with Gasteiger partial charge in [-0.1, -0.05) is 18.2 Å². The fourth-order valence-corrected chi connectivity index (χ4v) is 3.17. The van der Waals surface area contributed by atoms with Crippen LogP contribution in [-0.2, 0) is 5.75 Å². The van der Waals surface area contributed by atoms with Crippen molar-refractivity contribution in [2.45, 2.75) is 23.6 Å². The van der Waals surface area contributed by atoms with Gasteiger partial charge in [-0.05, 0) is 36.1 Å². The van der Waals surface area contributed by atoms with E-state index >= 15 is 0 Å². The molecule has 1 nitrogen and oxygen atoms in total. The van der Waals surface area contributed by atoms with Crippen LogP contribution in [0.3, 0.4) is 0 Å². The minimum absolute atomic E-state index is 0.113. The Morgan fingerprint density at radius 3 is 2.88 bits per heavy atom. The average molecular weight is 249 g/mol. The Bertz CT molecular complexity index is 435. The zero-order valence-corrected chi connectivity index (χ0v) is 10.9. The van der Waals surface area contributed by atoms with E-state index in [-0.39, 0.29) is 6.04 Å². The molecular formula is C13H15NS2. The molecule has 0 aliphatic carbocycles. The molecule has 0 aliphatic rings. The van der Waals surface area contributed by atoms with E-state index < -0.39 is 0 Å². The highest BCUT2D eigenvalue weighted by molar-refractivity contribution is 7.98. The van der Waals surface area contributed by atoms with Gasteiger partial charge in [0.05, 0.1) is 0 Å². The molecule has 0 fully saturated rings. The maximum absolute atomic E-state index is 5.87. The van der Waals surface area contributed by atoms with Crippen LogP contribution in [0.25, 0.3) is 0 Å². The normalized spacial score (nSPS) is 12.6. The lowest BCUT2D eigenvalue weighted by Gasteiger charge is -2.07. The van der Waals surface area contributed by atoms with Crippen LogP contribution in [0.1, 0.15) is 23.4 Å². The van der Waals surface area contributed by atoms with Crippen molar-refractivity contribution in [3.63, 3.8) is 0 Å². The fourth-order valence-electron chi connectivity index (χ4n) is 1.44. The molecule has 2 aromatic rings. The number of rotatable bonds is 4. The van der Waals surface area contributed by atoms with Crippen LogP contribution < -0.4 is 5.73 Å². The molecule has 2 rings (SSSR count). The van der Waals surface area contributed by atoms with Gasteiger partial charge < -0.3 is 5.73 Å². The number of hydrogen-bond acceptors (Lipinski definition) is 3. The largest absolute Gasteiger partial charge is 0.324 e. The molecule has 84 valence electrons. The molecule has 1 heterocycles. The third-order valence-corrected chi connectivity index (χ3v) is 4.45. The van der Waals surface area contributed by atoms with Crippen molar-refractivity contribution in [2.24, 2.45) is 5.73 Å². The summed E-state index contributed by atoms with van der Waals surface area (Å²) in [6.07, 6.45) is 0. The highest BCUT2D eigenvalue weighted by Gasteiger charge is 2.01. The van der Waals surface area contributed by atoms with Gasteiger partial charge in [-0.2, -0.15) is 0 Å². The Morgan fingerprint density at radius 2 is 2.19 bits per heavy atom. The van der Waals surface area contributed by atoms with Crippen molar-refractivity contribution in [2.75, 3.05) is 0 Å². The Kier molecular flexibility index (Phi) is 4.04. The molecule has 0 radical (unpaired) electrons. The van der Waals surface area contributed by atoms with Crippen LogP contribution in [0.2, 0.25) is 0 Å². The van der Waals surface area contributed by atoms with Crippen LogP contribution in [0.15, 0.2) is 46.7 Å². The van der Waals surface area contributed by atoms with Gasteiger partial charge in [0.2, 0.25) is 0 Å². The summed E-state index contributed by atoms with van der Waals surface area (Å²) in [5.41, 5.74) is 7.07. The lowest BCUT2D eigenvalue weighted by molar-refractivity contribution is 0.815. The molecule has 0 saturated heterocycles. The van der Waals surface area contributed by atoms with Crippen molar-refractivity contribution >= 4 is 23.1 Å². The first-order chi connectivity index (χ1) is 7.75. The van der Waals surface area contributed by atoms with Gasteiger partial charge in [-0.3, -0.25) is 0 Å². The van der Waals surface area contributed by atoms with E-state index in [0.29, 0.717) is 0 Å². The fraction of sp³-hybridized carbons (Fsp3) is 0.231. The minimum atomic E-state index is 0.113. The SMILES string of the molecule is CC(N)c1cccc(SCc2cccs2)c1. The summed E-state index contributed by atoms with van der Waals surface area (Å²) in [5, 5.41) is 2.12. The van der Waals surface area contributed by atoms with E-state index in [9.17, 15) is 0 Å². The topological polar surface area (TPSA) is 26.0 Å². The average Bonchev–Trinajstić information content (AvgIpc) is 2.79. The van der Waals surface area contributed by atoms with Crippen LogP contribution in [0.4, 0.5) is 0 Å². The van der Waals surface area contributed by atoms with Crippen molar-refractivity contribution in [1.29, 1.82) is 0 Å². The molecule has 3 heteroatoms. The molecule has 1 unspecified atom stereocenters. The second kappa shape index (κ2) is 5.53. The quantitative estimate of drug-likeness (QED) is 0.827. The lowest BCUT2D eigenvalue weighted by Crippen LogP contribution is -2.04. The summed E-state index contributed by atoms with van der Waals surface area (Å²) in [7, 11) is 0. The first-order valence-electron chi connectivity index (χ1n) is 5.26. The highest BCUT2D eigenvalue weighted by Crippen LogP contribution is 2.26. The maximum atomic E-state index is 5.87. The Labute approximate surface area is 105 Å². The first-order valence-corrected chi connectivity index (χ1v) is 7.13. The molecule has 1 aromatic heterocycles. The Morgan fingerprint density at radius 1 is 1.31 bits per heavy atom. The van der Waals surface area contributed by atoms with Crippen molar-refractivity contribution < 1.29 is 0 Å². The van der Waals surface area contributed by atoms with Gasteiger partial charge in [0.25, 0.3) is 0 Å². The monoisotopic (exact) mass is 249 g/mol. The predicted octanol–water partition coefficient (Wildman–Crippen LogP) is 4.06. The molecule has 1 aromatic carbocycles. The van der Waals surface area contributed by atoms with Gasteiger partial charge in [-0.15, -0.1) is 23.1 Å². The molecule has 0 amide bonds. The van der Waals surface area contributed by atoms with E-state index in [0.717, 1.165) is 5.75 Å². The summed E-state index contributed by atoms with van der Waals surface area (Å²) in [6, 6.07) is 12.9. The van der Waals surface area contributed by atoms with Gasteiger partial charge in [-0.25, -0.2) is 0 Å². The van der Waals surface area contributed by atoms with Crippen molar-refractivity contribution in [3.05, 3.63) is 52.2 Å². The van der Waals surface area contributed by atoms with Gasteiger partial charge in [0.15, 0.2) is 0 Å². The van der Waals surface area contributed by atoms with Crippen molar-refractivity contribution in [3.8, 4) is 0 Å². The number of thiophene rings is 1.